The highest BCUT2D eigenvalue weighted by atomic mass is 16.3. The van der Waals surface area contributed by atoms with E-state index >= 15 is 0 Å². The van der Waals surface area contributed by atoms with Crippen LogP contribution >= 0.6 is 0 Å². The number of para-hydroxylation sites is 1. The average molecular weight is 334 g/mol. The minimum atomic E-state index is 0.0756. The van der Waals surface area contributed by atoms with Crippen LogP contribution in [-0.4, -0.2) is 33.9 Å². The van der Waals surface area contributed by atoms with E-state index in [1.54, 1.807) is 6.92 Å². The molecule has 0 bridgehead atoms. The summed E-state index contributed by atoms with van der Waals surface area (Å²) in [6.07, 6.45) is 6.07. The van der Waals surface area contributed by atoms with Gasteiger partial charge in [0.25, 0.3) is 0 Å². The standard InChI is InChI=1S/C21H22N2O2/c1-12(25)17-10-23-9-8-16-14-4-2-3-5-18(14)22-20(16)21(23)19-13(11-24)6-7-15(17)19/h2-6,10,15,19,21-22,24H,7-9,11H2,1H3/t15-,19-,21-/m1/s1. The van der Waals surface area contributed by atoms with Gasteiger partial charge in [-0.1, -0.05) is 24.3 Å². The summed E-state index contributed by atoms with van der Waals surface area (Å²) in [5, 5.41) is 11.2. The summed E-state index contributed by atoms with van der Waals surface area (Å²) in [7, 11) is 0. The number of carbonyl (C=O) groups excluding carboxylic acids is 1. The van der Waals surface area contributed by atoms with Crippen LogP contribution in [-0.2, 0) is 11.2 Å². The largest absolute Gasteiger partial charge is 0.392 e. The lowest BCUT2D eigenvalue weighted by atomic mass is 9.73. The number of H-pyrrole nitrogens is 1. The first-order valence-electron chi connectivity index (χ1n) is 9.06. The number of carbonyl (C=O) groups is 1. The van der Waals surface area contributed by atoms with Crippen LogP contribution in [0.25, 0.3) is 10.9 Å². The van der Waals surface area contributed by atoms with Crippen LogP contribution in [0.5, 0.6) is 0 Å². The van der Waals surface area contributed by atoms with E-state index in [1.165, 1.54) is 22.2 Å². The maximum Gasteiger partial charge on any atom is 0.157 e. The van der Waals surface area contributed by atoms with Crippen molar-refractivity contribution in [3.8, 4) is 0 Å². The zero-order valence-electron chi connectivity index (χ0n) is 14.3. The molecule has 128 valence electrons. The van der Waals surface area contributed by atoms with E-state index in [1.807, 2.05) is 0 Å². The third-order valence-electron chi connectivity index (χ3n) is 6.25. The van der Waals surface area contributed by atoms with Gasteiger partial charge < -0.3 is 15.0 Å². The predicted molar refractivity (Wildman–Crippen MR) is 97.0 cm³/mol. The van der Waals surface area contributed by atoms with E-state index < -0.39 is 0 Å². The van der Waals surface area contributed by atoms with Crippen molar-refractivity contribution in [2.24, 2.45) is 11.8 Å². The fourth-order valence-corrected chi connectivity index (χ4v) is 5.18. The van der Waals surface area contributed by atoms with Gasteiger partial charge in [-0.15, -0.1) is 0 Å². The van der Waals surface area contributed by atoms with Gasteiger partial charge >= 0.3 is 0 Å². The van der Waals surface area contributed by atoms with E-state index in [2.05, 4.69) is 46.4 Å². The van der Waals surface area contributed by atoms with Gasteiger partial charge in [0.05, 0.1) is 12.6 Å². The topological polar surface area (TPSA) is 56.3 Å². The first kappa shape index (κ1) is 15.0. The number of nitrogens with one attached hydrogen (secondary N) is 1. The van der Waals surface area contributed by atoms with Crippen LogP contribution in [0.4, 0.5) is 0 Å². The summed E-state index contributed by atoms with van der Waals surface area (Å²) in [4.78, 5) is 18.2. The van der Waals surface area contributed by atoms with E-state index in [0.717, 1.165) is 30.5 Å². The van der Waals surface area contributed by atoms with Crippen molar-refractivity contribution >= 4 is 16.7 Å². The fourth-order valence-electron chi connectivity index (χ4n) is 5.18. The Hall–Kier alpha value is -2.33. The lowest BCUT2D eigenvalue weighted by Gasteiger charge is -2.46. The number of aromatic nitrogens is 1. The van der Waals surface area contributed by atoms with Crippen molar-refractivity contribution < 1.29 is 9.90 Å². The summed E-state index contributed by atoms with van der Waals surface area (Å²) >= 11 is 0. The summed E-state index contributed by atoms with van der Waals surface area (Å²) < 4.78 is 0. The third kappa shape index (κ3) is 2.00. The van der Waals surface area contributed by atoms with Crippen LogP contribution < -0.4 is 0 Å². The van der Waals surface area contributed by atoms with Gasteiger partial charge in [0.1, 0.15) is 0 Å². The van der Waals surface area contributed by atoms with Crippen LogP contribution in [0.15, 0.2) is 47.7 Å². The molecule has 2 N–H and O–H groups in total. The van der Waals surface area contributed by atoms with E-state index in [0.29, 0.717) is 0 Å². The number of fused-ring (bicyclic) bond motifs is 7. The third-order valence-corrected chi connectivity index (χ3v) is 6.25. The number of aliphatic hydroxyl groups excluding tert-OH is 1. The lowest BCUT2D eigenvalue weighted by Crippen LogP contribution is -2.43. The molecule has 1 aliphatic carbocycles. The molecule has 2 aliphatic heterocycles. The Labute approximate surface area is 146 Å². The molecule has 0 spiro atoms. The Kier molecular flexibility index (Phi) is 3.19. The Bertz CT molecular complexity index is 937. The molecule has 0 radical (unpaired) electrons. The lowest BCUT2D eigenvalue weighted by molar-refractivity contribution is -0.114. The molecule has 0 unspecified atom stereocenters. The summed E-state index contributed by atoms with van der Waals surface area (Å²) in [6, 6.07) is 8.66. The highest BCUT2D eigenvalue weighted by Crippen LogP contribution is 2.52. The normalized spacial score (nSPS) is 27.4. The zero-order valence-corrected chi connectivity index (χ0v) is 14.3. The zero-order chi connectivity index (χ0) is 17.1. The van der Waals surface area contributed by atoms with Gasteiger partial charge in [0, 0.05) is 46.8 Å². The number of hydrogen-bond donors (Lipinski definition) is 2. The van der Waals surface area contributed by atoms with Crippen LogP contribution in [0.2, 0.25) is 0 Å². The number of ketones is 1. The molecule has 3 aliphatic rings. The summed E-state index contributed by atoms with van der Waals surface area (Å²) in [6.45, 7) is 2.66. The SMILES string of the molecule is CC(=O)C1=CN2CCc3c([nH]c4ccccc34)[C@H]2[C@@H]2C(CO)=CC[C@H]12. The van der Waals surface area contributed by atoms with Crippen molar-refractivity contribution in [3.05, 3.63) is 58.9 Å². The minimum absolute atomic E-state index is 0.0756. The quantitative estimate of drug-likeness (QED) is 0.830. The second-order valence-corrected chi connectivity index (χ2v) is 7.44. The van der Waals surface area contributed by atoms with Gasteiger partial charge in [-0.25, -0.2) is 0 Å². The second kappa shape index (κ2) is 5.33. The molecular weight excluding hydrogens is 312 g/mol. The van der Waals surface area contributed by atoms with Gasteiger partial charge in [-0.05, 0) is 37.0 Å². The molecule has 25 heavy (non-hydrogen) atoms. The fraction of sp³-hybridized carbons (Fsp3) is 0.381. The molecule has 4 heteroatoms. The van der Waals surface area contributed by atoms with Crippen molar-refractivity contribution in [1.82, 2.24) is 9.88 Å². The molecule has 1 aromatic carbocycles. The maximum atomic E-state index is 12.2. The first-order chi connectivity index (χ1) is 12.2. The van der Waals surface area contributed by atoms with Crippen molar-refractivity contribution in [1.29, 1.82) is 0 Å². The van der Waals surface area contributed by atoms with Crippen LogP contribution in [0.1, 0.15) is 30.6 Å². The summed E-state index contributed by atoms with van der Waals surface area (Å²) in [5.41, 5.74) is 5.85. The molecule has 4 nitrogen and oxygen atoms in total. The van der Waals surface area contributed by atoms with E-state index in [4.69, 9.17) is 0 Å². The van der Waals surface area contributed by atoms with Crippen LogP contribution in [0, 0.1) is 11.8 Å². The highest BCUT2D eigenvalue weighted by molar-refractivity contribution is 5.94. The second-order valence-electron chi connectivity index (χ2n) is 7.44. The van der Waals surface area contributed by atoms with E-state index in [-0.39, 0.29) is 30.3 Å². The molecule has 0 amide bonds. The van der Waals surface area contributed by atoms with Crippen molar-refractivity contribution in [2.75, 3.05) is 13.2 Å². The molecule has 0 saturated heterocycles. The van der Waals surface area contributed by atoms with Gasteiger partial charge in [0.15, 0.2) is 5.78 Å². The highest BCUT2D eigenvalue weighted by Gasteiger charge is 2.47. The molecule has 5 rings (SSSR count). The first-order valence-corrected chi connectivity index (χ1v) is 9.06. The maximum absolute atomic E-state index is 12.2. The molecule has 3 atom stereocenters. The smallest absolute Gasteiger partial charge is 0.157 e. The molecule has 3 heterocycles. The van der Waals surface area contributed by atoms with Crippen molar-refractivity contribution in [3.63, 3.8) is 0 Å². The summed E-state index contributed by atoms with van der Waals surface area (Å²) in [5.74, 6) is 0.530. The van der Waals surface area contributed by atoms with E-state index in [9.17, 15) is 9.90 Å². The average Bonchev–Trinajstić information content (AvgIpc) is 3.21. The number of nitrogens with zero attached hydrogens (tertiary/aromatic N) is 1. The monoisotopic (exact) mass is 334 g/mol. The van der Waals surface area contributed by atoms with Gasteiger partial charge in [0.2, 0.25) is 0 Å². The Balaban J connectivity index is 1.71. The number of rotatable bonds is 2. The Morgan fingerprint density at radius 2 is 2.20 bits per heavy atom. The van der Waals surface area contributed by atoms with Crippen LogP contribution in [0.3, 0.4) is 0 Å². The number of allylic oxidation sites excluding steroid dienone is 2. The molecular formula is C21H22N2O2. The number of aliphatic hydroxyl groups is 1. The number of Topliss-reactive ketones (excluding diaryl/α,β-unsaturated/α-hetero) is 1. The number of aromatic amines is 1. The predicted octanol–water partition coefficient (Wildman–Crippen LogP) is 3.11. The van der Waals surface area contributed by atoms with Gasteiger partial charge in [-0.3, -0.25) is 4.79 Å². The number of benzene rings is 1. The Morgan fingerprint density at radius 1 is 1.36 bits per heavy atom. The minimum Gasteiger partial charge on any atom is -0.392 e. The molecule has 0 saturated carbocycles. The molecule has 2 aromatic rings. The molecule has 1 aromatic heterocycles. The Morgan fingerprint density at radius 3 is 3.00 bits per heavy atom. The van der Waals surface area contributed by atoms with Crippen molar-refractivity contribution in [2.45, 2.75) is 25.8 Å². The molecule has 0 fully saturated rings. The van der Waals surface area contributed by atoms with Gasteiger partial charge in [-0.2, -0.15) is 0 Å². The number of hydrogen-bond acceptors (Lipinski definition) is 3.